The number of rotatable bonds is 4. The third-order valence-electron chi connectivity index (χ3n) is 3.29. The Morgan fingerprint density at radius 1 is 1.41 bits per heavy atom. The van der Waals surface area contributed by atoms with Crippen LogP contribution in [0.3, 0.4) is 0 Å². The molecular weight excluding hydrogens is 217 g/mol. The fourth-order valence-corrected chi connectivity index (χ4v) is 2.43. The summed E-state index contributed by atoms with van der Waals surface area (Å²) in [6.07, 6.45) is 1.30. The summed E-state index contributed by atoms with van der Waals surface area (Å²) in [5.41, 5.74) is 0. The molecule has 94 valence electrons. The number of nitrogens with one attached hydrogen (secondary N) is 1. The first kappa shape index (κ1) is 12.4. The van der Waals surface area contributed by atoms with Crippen LogP contribution in [-0.4, -0.2) is 19.2 Å². The van der Waals surface area contributed by atoms with E-state index in [9.17, 15) is 4.39 Å². The maximum Gasteiger partial charge on any atom is 0.126 e. The Labute approximate surface area is 102 Å². The van der Waals surface area contributed by atoms with Gasteiger partial charge in [0, 0.05) is 18.5 Å². The van der Waals surface area contributed by atoms with Gasteiger partial charge < -0.3 is 10.1 Å². The Morgan fingerprint density at radius 3 is 2.82 bits per heavy atom. The third kappa shape index (κ3) is 3.19. The maximum atomic E-state index is 13.1. The number of benzene rings is 1. The van der Waals surface area contributed by atoms with Crippen LogP contribution in [-0.2, 0) is 0 Å². The summed E-state index contributed by atoms with van der Waals surface area (Å²) in [4.78, 5) is 0. The molecule has 0 radical (unpaired) electrons. The van der Waals surface area contributed by atoms with Crippen LogP contribution in [0.4, 0.5) is 4.39 Å². The van der Waals surface area contributed by atoms with E-state index in [1.807, 2.05) is 6.07 Å². The molecule has 2 nitrogen and oxygen atoms in total. The van der Waals surface area contributed by atoms with Crippen LogP contribution in [0, 0.1) is 17.7 Å². The van der Waals surface area contributed by atoms with Gasteiger partial charge in [0.05, 0.1) is 0 Å². The molecule has 0 bridgehead atoms. The lowest BCUT2D eigenvalue weighted by atomic mass is 9.92. The smallest absolute Gasteiger partial charge is 0.126 e. The first-order valence-electron chi connectivity index (χ1n) is 6.30. The molecular formula is C14H20FNO. The minimum Gasteiger partial charge on any atom is -0.490 e. The highest BCUT2D eigenvalue weighted by atomic mass is 19.1. The van der Waals surface area contributed by atoms with Gasteiger partial charge in [0.2, 0.25) is 0 Å². The van der Waals surface area contributed by atoms with E-state index in [1.54, 1.807) is 6.07 Å². The van der Waals surface area contributed by atoms with Crippen molar-refractivity contribution < 1.29 is 9.13 Å². The molecule has 1 N–H and O–H groups in total. The van der Waals surface area contributed by atoms with Gasteiger partial charge in [0.25, 0.3) is 0 Å². The van der Waals surface area contributed by atoms with Crippen LogP contribution in [0.15, 0.2) is 24.3 Å². The average Bonchev–Trinajstić information content (AvgIpc) is 2.78. The lowest BCUT2D eigenvalue weighted by Gasteiger charge is -2.27. The van der Waals surface area contributed by atoms with Crippen LogP contribution >= 0.6 is 0 Å². The van der Waals surface area contributed by atoms with Crippen molar-refractivity contribution in [1.29, 1.82) is 0 Å². The SMILES string of the molecule is CC(C)[C@H](Oc1cccc(F)c1)C1CCNC1. The highest BCUT2D eigenvalue weighted by Crippen LogP contribution is 2.25. The first-order chi connectivity index (χ1) is 8.16. The fourth-order valence-electron chi connectivity index (χ4n) is 2.43. The Balaban J connectivity index is 2.07. The second-order valence-electron chi connectivity index (χ2n) is 5.04. The lowest BCUT2D eigenvalue weighted by molar-refractivity contribution is 0.0970. The van der Waals surface area contributed by atoms with Crippen LogP contribution in [0.1, 0.15) is 20.3 Å². The van der Waals surface area contributed by atoms with Gasteiger partial charge in [-0.3, -0.25) is 0 Å². The zero-order valence-corrected chi connectivity index (χ0v) is 10.4. The van der Waals surface area contributed by atoms with E-state index in [2.05, 4.69) is 19.2 Å². The first-order valence-corrected chi connectivity index (χ1v) is 6.30. The molecule has 3 heteroatoms. The number of hydrogen-bond acceptors (Lipinski definition) is 2. The zero-order valence-electron chi connectivity index (χ0n) is 10.4. The van der Waals surface area contributed by atoms with Crippen molar-refractivity contribution in [2.45, 2.75) is 26.4 Å². The Morgan fingerprint density at radius 2 is 2.24 bits per heavy atom. The molecule has 2 rings (SSSR count). The van der Waals surface area contributed by atoms with Crippen LogP contribution in [0.2, 0.25) is 0 Å². The molecule has 0 amide bonds. The normalized spacial score (nSPS) is 21.8. The topological polar surface area (TPSA) is 21.3 Å². The van der Waals surface area contributed by atoms with E-state index in [0.717, 1.165) is 19.5 Å². The van der Waals surface area contributed by atoms with E-state index >= 15 is 0 Å². The molecule has 17 heavy (non-hydrogen) atoms. The van der Waals surface area contributed by atoms with E-state index in [0.29, 0.717) is 17.6 Å². The second kappa shape index (κ2) is 5.50. The van der Waals surface area contributed by atoms with Crippen molar-refractivity contribution in [3.63, 3.8) is 0 Å². The molecule has 1 fully saturated rings. The van der Waals surface area contributed by atoms with Crippen LogP contribution < -0.4 is 10.1 Å². The highest BCUT2D eigenvalue weighted by molar-refractivity contribution is 5.22. The van der Waals surface area contributed by atoms with Gasteiger partial charge in [-0.25, -0.2) is 4.39 Å². The van der Waals surface area contributed by atoms with Crippen molar-refractivity contribution in [2.24, 2.45) is 11.8 Å². The molecule has 1 unspecified atom stereocenters. The van der Waals surface area contributed by atoms with E-state index < -0.39 is 0 Å². The van der Waals surface area contributed by atoms with E-state index in [4.69, 9.17) is 4.74 Å². The molecule has 1 aromatic rings. The molecule has 0 aliphatic carbocycles. The number of halogens is 1. The minimum absolute atomic E-state index is 0.159. The van der Waals surface area contributed by atoms with Crippen molar-refractivity contribution in [3.05, 3.63) is 30.1 Å². The van der Waals surface area contributed by atoms with Crippen LogP contribution in [0.5, 0.6) is 5.75 Å². The van der Waals surface area contributed by atoms with E-state index in [-0.39, 0.29) is 11.9 Å². The molecule has 1 saturated heterocycles. The highest BCUT2D eigenvalue weighted by Gasteiger charge is 2.28. The molecule has 0 saturated carbocycles. The summed E-state index contributed by atoms with van der Waals surface area (Å²) in [5.74, 6) is 1.35. The predicted molar refractivity (Wildman–Crippen MR) is 66.6 cm³/mol. The molecule has 2 atom stereocenters. The van der Waals surface area contributed by atoms with Crippen molar-refractivity contribution in [2.75, 3.05) is 13.1 Å². The van der Waals surface area contributed by atoms with Gasteiger partial charge in [-0.05, 0) is 31.0 Å². The third-order valence-corrected chi connectivity index (χ3v) is 3.29. The lowest BCUT2D eigenvalue weighted by Crippen LogP contribution is -2.33. The molecule has 0 aromatic heterocycles. The quantitative estimate of drug-likeness (QED) is 0.869. The summed E-state index contributed by atoms with van der Waals surface area (Å²) in [5, 5.41) is 3.35. The Bertz CT molecular complexity index is 361. The van der Waals surface area contributed by atoms with Gasteiger partial charge >= 0.3 is 0 Å². The maximum absolute atomic E-state index is 13.1. The van der Waals surface area contributed by atoms with Gasteiger partial charge in [-0.2, -0.15) is 0 Å². The summed E-state index contributed by atoms with van der Waals surface area (Å²) in [6.45, 7) is 6.36. The molecule has 1 aromatic carbocycles. The van der Waals surface area contributed by atoms with Gasteiger partial charge in [0.15, 0.2) is 0 Å². The number of ether oxygens (including phenoxy) is 1. The monoisotopic (exact) mass is 237 g/mol. The summed E-state index contributed by atoms with van der Waals surface area (Å²) < 4.78 is 19.1. The average molecular weight is 237 g/mol. The molecule has 0 spiro atoms. The summed E-state index contributed by atoms with van der Waals surface area (Å²) >= 11 is 0. The van der Waals surface area contributed by atoms with Gasteiger partial charge in [-0.15, -0.1) is 0 Å². The standard InChI is InChI=1S/C14H20FNO/c1-10(2)14(11-6-7-16-9-11)17-13-5-3-4-12(15)8-13/h3-5,8,10-11,14,16H,6-7,9H2,1-2H3/t11?,14-/m0/s1. The summed E-state index contributed by atoms with van der Waals surface area (Å²) in [6, 6.07) is 6.40. The fraction of sp³-hybridized carbons (Fsp3) is 0.571. The Hall–Kier alpha value is -1.09. The Kier molecular flexibility index (Phi) is 4.00. The minimum atomic E-state index is -0.241. The van der Waals surface area contributed by atoms with Crippen molar-refractivity contribution in [1.82, 2.24) is 5.32 Å². The largest absolute Gasteiger partial charge is 0.490 e. The number of hydrogen-bond donors (Lipinski definition) is 1. The van der Waals surface area contributed by atoms with Crippen molar-refractivity contribution >= 4 is 0 Å². The van der Waals surface area contributed by atoms with Crippen molar-refractivity contribution in [3.8, 4) is 5.75 Å². The zero-order chi connectivity index (χ0) is 12.3. The summed E-state index contributed by atoms with van der Waals surface area (Å²) in [7, 11) is 0. The van der Waals surface area contributed by atoms with Gasteiger partial charge in [-0.1, -0.05) is 19.9 Å². The molecule has 1 aliphatic heterocycles. The predicted octanol–water partition coefficient (Wildman–Crippen LogP) is 2.84. The molecule has 1 aliphatic rings. The molecule has 1 heterocycles. The van der Waals surface area contributed by atoms with Crippen LogP contribution in [0.25, 0.3) is 0 Å². The van der Waals surface area contributed by atoms with E-state index in [1.165, 1.54) is 12.1 Å². The van der Waals surface area contributed by atoms with Gasteiger partial charge in [0.1, 0.15) is 17.7 Å². The second-order valence-corrected chi connectivity index (χ2v) is 5.04.